The molecule has 110 valence electrons. The van der Waals surface area contributed by atoms with Gasteiger partial charge in [-0.25, -0.2) is 0 Å². The van der Waals surface area contributed by atoms with Gasteiger partial charge in [0.25, 0.3) is 5.91 Å². The van der Waals surface area contributed by atoms with Crippen molar-refractivity contribution in [2.75, 3.05) is 26.9 Å². The van der Waals surface area contributed by atoms with Crippen molar-refractivity contribution in [1.29, 1.82) is 0 Å². The molecule has 1 rings (SSSR count). The van der Waals surface area contributed by atoms with Gasteiger partial charge in [-0.2, -0.15) is 0 Å². The van der Waals surface area contributed by atoms with Crippen molar-refractivity contribution in [2.45, 2.75) is 6.04 Å². The molecular formula is C13H17BrN2O4. The van der Waals surface area contributed by atoms with Crippen LogP contribution in [0.15, 0.2) is 28.7 Å². The van der Waals surface area contributed by atoms with Crippen molar-refractivity contribution in [3.63, 3.8) is 0 Å². The van der Waals surface area contributed by atoms with Gasteiger partial charge in [-0.1, -0.05) is 22.0 Å². The van der Waals surface area contributed by atoms with Gasteiger partial charge in [0, 0.05) is 17.1 Å². The van der Waals surface area contributed by atoms with E-state index in [0.717, 1.165) is 4.47 Å². The second-order valence-electron chi connectivity index (χ2n) is 4.10. The Hall–Kier alpha value is -1.44. The maximum absolute atomic E-state index is 11.8. The van der Waals surface area contributed by atoms with Crippen LogP contribution < -0.4 is 10.6 Å². The Labute approximate surface area is 125 Å². The van der Waals surface area contributed by atoms with Gasteiger partial charge in [-0.15, -0.1) is 0 Å². The zero-order chi connectivity index (χ0) is 15.0. The number of aliphatic hydroxyl groups is 1. The molecule has 1 atom stereocenters. The van der Waals surface area contributed by atoms with Crippen molar-refractivity contribution >= 4 is 27.7 Å². The van der Waals surface area contributed by atoms with Crippen LogP contribution in [0.5, 0.6) is 0 Å². The number of nitrogens with one attached hydrogen (secondary N) is 2. The summed E-state index contributed by atoms with van der Waals surface area (Å²) in [5, 5.41) is 14.1. The van der Waals surface area contributed by atoms with E-state index in [1.54, 1.807) is 24.3 Å². The van der Waals surface area contributed by atoms with Crippen LogP contribution in [0.4, 0.5) is 0 Å². The number of benzene rings is 1. The maximum Gasteiger partial charge on any atom is 0.251 e. The molecule has 1 aromatic carbocycles. The number of carbonyl (C=O) groups is 2. The quantitative estimate of drug-likeness (QED) is 0.664. The molecule has 20 heavy (non-hydrogen) atoms. The van der Waals surface area contributed by atoms with Crippen LogP contribution in [0, 0.1) is 0 Å². The van der Waals surface area contributed by atoms with Gasteiger partial charge in [0.1, 0.15) is 0 Å². The molecule has 0 spiro atoms. The standard InChI is InChI=1S/C13H17BrN2O4/c1-20-8-11(7-17)16-12(18)6-15-13(19)9-3-2-4-10(14)5-9/h2-5,11,17H,6-8H2,1H3,(H,15,19)(H,16,18). The lowest BCUT2D eigenvalue weighted by Crippen LogP contribution is -2.45. The first-order chi connectivity index (χ1) is 9.56. The normalized spacial score (nSPS) is 11.8. The van der Waals surface area contributed by atoms with Gasteiger partial charge in [0.15, 0.2) is 0 Å². The van der Waals surface area contributed by atoms with Crippen LogP contribution in [0.1, 0.15) is 10.4 Å². The molecule has 0 aliphatic heterocycles. The summed E-state index contributed by atoms with van der Waals surface area (Å²) in [6.07, 6.45) is 0. The fraction of sp³-hybridized carbons (Fsp3) is 0.385. The lowest BCUT2D eigenvalue weighted by Gasteiger charge is -2.15. The van der Waals surface area contributed by atoms with Crippen LogP contribution in [-0.4, -0.2) is 49.8 Å². The summed E-state index contributed by atoms with van der Waals surface area (Å²) in [7, 11) is 1.48. The van der Waals surface area contributed by atoms with E-state index in [1.165, 1.54) is 7.11 Å². The third-order valence-corrected chi connectivity index (χ3v) is 2.94. The van der Waals surface area contributed by atoms with Gasteiger partial charge in [0.05, 0.1) is 25.8 Å². The number of hydrogen-bond acceptors (Lipinski definition) is 4. The van der Waals surface area contributed by atoms with Crippen molar-refractivity contribution in [3.8, 4) is 0 Å². The third-order valence-electron chi connectivity index (χ3n) is 2.45. The largest absolute Gasteiger partial charge is 0.394 e. The van der Waals surface area contributed by atoms with Gasteiger partial charge in [0.2, 0.25) is 5.91 Å². The number of rotatable bonds is 7. The first kappa shape index (κ1) is 16.6. The Morgan fingerprint density at radius 3 is 2.80 bits per heavy atom. The molecule has 0 saturated carbocycles. The zero-order valence-corrected chi connectivity index (χ0v) is 12.6. The van der Waals surface area contributed by atoms with Crippen LogP contribution in [-0.2, 0) is 9.53 Å². The van der Waals surface area contributed by atoms with Gasteiger partial charge in [-0.3, -0.25) is 9.59 Å². The zero-order valence-electron chi connectivity index (χ0n) is 11.1. The van der Waals surface area contributed by atoms with Crippen LogP contribution >= 0.6 is 15.9 Å². The minimum atomic E-state index is -0.477. The monoisotopic (exact) mass is 344 g/mol. The fourth-order valence-corrected chi connectivity index (χ4v) is 1.91. The Bertz CT molecular complexity index is 467. The summed E-state index contributed by atoms with van der Waals surface area (Å²) in [5.41, 5.74) is 0.461. The third kappa shape index (κ3) is 5.68. The van der Waals surface area contributed by atoms with E-state index in [-0.39, 0.29) is 31.6 Å². The fourth-order valence-electron chi connectivity index (χ4n) is 1.51. The molecular weight excluding hydrogens is 328 g/mol. The topological polar surface area (TPSA) is 87.7 Å². The van der Waals surface area contributed by atoms with E-state index >= 15 is 0 Å². The number of halogens is 1. The van der Waals surface area contributed by atoms with E-state index in [9.17, 15) is 9.59 Å². The molecule has 0 bridgehead atoms. The molecule has 0 aliphatic rings. The first-order valence-electron chi connectivity index (χ1n) is 5.99. The second-order valence-corrected chi connectivity index (χ2v) is 5.01. The predicted molar refractivity (Wildman–Crippen MR) is 77.4 cm³/mol. The Balaban J connectivity index is 2.42. The van der Waals surface area contributed by atoms with E-state index in [2.05, 4.69) is 26.6 Å². The lowest BCUT2D eigenvalue weighted by atomic mass is 10.2. The first-order valence-corrected chi connectivity index (χ1v) is 6.79. The molecule has 0 fully saturated rings. The molecule has 0 heterocycles. The Morgan fingerprint density at radius 2 is 2.20 bits per heavy atom. The number of methoxy groups -OCH3 is 1. The molecule has 0 aliphatic carbocycles. The summed E-state index contributed by atoms with van der Waals surface area (Å²) in [4.78, 5) is 23.4. The molecule has 7 heteroatoms. The highest BCUT2D eigenvalue weighted by Gasteiger charge is 2.12. The summed E-state index contributed by atoms with van der Waals surface area (Å²) in [5.74, 6) is -0.724. The minimum absolute atomic E-state index is 0.161. The molecule has 0 saturated heterocycles. The Kier molecular flexibility index (Phi) is 7.21. The molecule has 0 aromatic heterocycles. The minimum Gasteiger partial charge on any atom is -0.394 e. The van der Waals surface area contributed by atoms with Gasteiger partial charge >= 0.3 is 0 Å². The summed E-state index contributed by atoms with van der Waals surface area (Å²) < 4.78 is 5.62. The summed E-state index contributed by atoms with van der Waals surface area (Å²) >= 11 is 3.27. The predicted octanol–water partition coefficient (Wildman–Crippen LogP) is 0.302. The van der Waals surface area contributed by atoms with Crippen molar-refractivity contribution in [1.82, 2.24) is 10.6 Å². The van der Waals surface area contributed by atoms with Gasteiger partial charge in [-0.05, 0) is 18.2 Å². The Morgan fingerprint density at radius 1 is 1.45 bits per heavy atom. The van der Waals surface area contributed by atoms with Crippen LogP contribution in [0.2, 0.25) is 0 Å². The second kappa shape index (κ2) is 8.68. The van der Waals surface area contributed by atoms with Crippen molar-refractivity contribution < 1.29 is 19.4 Å². The number of ether oxygens (including phenoxy) is 1. The number of amides is 2. The SMILES string of the molecule is COCC(CO)NC(=O)CNC(=O)c1cccc(Br)c1. The smallest absolute Gasteiger partial charge is 0.251 e. The summed E-state index contributed by atoms with van der Waals surface area (Å²) in [6, 6.07) is 6.38. The highest BCUT2D eigenvalue weighted by Crippen LogP contribution is 2.11. The molecule has 2 amide bonds. The van der Waals surface area contributed by atoms with E-state index in [4.69, 9.17) is 9.84 Å². The molecule has 3 N–H and O–H groups in total. The average molecular weight is 345 g/mol. The van der Waals surface area contributed by atoms with Crippen LogP contribution in [0.25, 0.3) is 0 Å². The number of carbonyl (C=O) groups excluding carboxylic acids is 2. The maximum atomic E-state index is 11.8. The van der Waals surface area contributed by atoms with Crippen LogP contribution in [0.3, 0.4) is 0 Å². The van der Waals surface area contributed by atoms with Crippen molar-refractivity contribution in [2.24, 2.45) is 0 Å². The highest BCUT2D eigenvalue weighted by atomic mass is 79.9. The van der Waals surface area contributed by atoms with E-state index < -0.39 is 6.04 Å². The molecule has 1 unspecified atom stereocenters. The summed E-state index contributed by atoms with van der Waals surface area (Å²) in [6.45, 7) is -0.174. The molecule has 6 nitrogen and oxygen atoms in total. The number of hydrogen-bond donors (Lipinski definition) is 3. The number of aliphatic hydroxyl groups excluding tert-OH is 1. The van der Waals surface area contributed by atoms with E-state index in [1.807, 2.05) is 0 Å². The van der Waals surface area contributed by atoms with Gasteiger partial charge < -0.3 is 20.5 Å². The average Bonchev–Trinajstić information content (AvgIpc) is 2.44. The van der Waals surface area contributed by atoms with Crippen molar-refractivity contribution in [3.05, 3.63) is 34.3 Å². The molecule has 1 aromatic rings. The highest BCUT2D eigenvalue weighted by molar-refractivity contribution is 9.10. The van der Waals surface area contributed by atoms with E-state index in [0.29, 0.717) is 5.56 Å². The molecule has 0 radical (unpaired) electrons. The lowest BCUT2D eigenvalue weighted by molar-refractivity contribution is -0.121.